The van der Waals surface area contributed by atoms with Crippen molar-refractivity contribution >= 4 is 27.3 Å². The number of hydrogen-bond acceptors (Lipinski definition) is 7. The number of methoxy groups -OCH3 is 1. The molecule has 1 aromatic rings. The van der Waals surface area contributed by atoms with Crippen LogP contribution in [0.25, 0.3) is 0 Å². The molecule has 0 aliphatic heterocycles. The quantitative estimate of drug-likeness (QED) is 0.718. The number of carbonyl (C=O) groups is 1. The first-order valence-electron chi connectivity index (χ1n) is 6.41. The van der Waals surface area contributed by atoms with Crippen molar-refractivity contribution in [2.24, 2.45) is 11.7 Å². The van der Waals surface area contributed by atoms with E-state index in [0.29, 0.717) is 6.42 Å². The van der Waals surface area contributed by atoms with Gasteiger partial charge < -0.3 is 10.5 Å². The van der Waals surface area contributed by atoms with Crippen molar-refractivity contribution in [1.82, 2.24) is 9.71 Å². The SMILES string of the molecule is COC(=O)c1ncsc1S(=O)(=O)NC(C)(CN)CC(C)C. The van der Waals surface area contributed by atoms with Gasteiger partial charge in [0.25, 0.3) is 10.0 Å². The van der Waals surface area contributed by atoms with Gasteiger partial charge >= 0.3 is 5.97 Å². The van der Waals surface area contributed by atoms with Gasteiger partial charge in [0.1, 0.15) is 0 Å². The fourth-order valence-electron chi connectivity index (χ4n) is 2.10. The van der Waals surface area contributed by atoms with E-state index in [0.717, 1.165) is 11.3 Å². The van der Waals surface area contributed by atoms with E-state index in [4.69, 9.17) is 5.73 Å². The third-order valence-corrected chi connectivity index (χ3v) is 5.86. The molecular weight excluding hydrogens is 314 g/mol. The lowest BCUT2D eigenvalue weighted by atomic mass is 9.92. The molecule has 0 aromatic carbocycles. The van der Waals surface area contributed by atoms with Crippen molar-refractivity contribution in [3.05, 3.63) is 11.2 Å². The van der Waals surface area contributed by atoms with E-state index in [1.54, 1.807) is 6.92 Å². The summed E-state index contributed by atoms with van der Waals surface area (Å²) in [5.74, 6) is -0.516. The van der Waals surface area contributed by atoms with Crippen LogP contribution >= 0.6 is 11.3 Å². The van der Waals surface area contributed by atoms with Gasteiger partial charge in [-0.2, -0.15) is 0 Å². The molecule has 1 unspecified atom stereocenters. The molecule has 0 amide bonds. The van der Waals surface area contributed by atoms with E-state index in [1.807, 2.05) is 13.8 Å². The molecule has 0 aliphatic rings. The summed E-state index contributed by atoms with van der Waals surface area (Å²) in [4.78, 5) is 15.3. The Bertz CT molecular complexity index is 597. The molecule has 7 nitrogen and oxygen atoms in total. The zero-order valence-electron chi connectivity index (χ0n) is 12.5. The van der Waals surface area contributed by atoms with Gasteiger partial charge in [-0.15, -0.1) is 11.3 Å². The molecule has 0 aliphatic carbocycles. The first-order chi connectivity index (χ1) is 9.65. The van der Waals surface area contributed by atoms with E-state index >= 15 is 0 Å². The van der Waals surface area contributed by atoms with Gasteiger partial charge in [-0.3, -0.25) is 0 Å². The highest BCUT2D eigenvalue weighted by atomic mass is 32.2. The zero-order valence-corrected chi connectivity index (χ0v) is 14.2. The van der Waals surface area contributed by atoms with Crippen LogP contribution in [0, 0.1) is 5.92 Å². The monoisotopic (exact) mass is 335 g/mol. The Balaban J connectivity index is 3.12. The van der Waals surface area contributed by atoms with E-state index in [2.05, 4.69) is 14.4 Å². The Kier molecular flexibility index (Phi) is 5.85. The molecule has 3 N–H and O–H groups in total. The highest BCUT2D eigenvalue weighted by Crippen LogP contribution is 2.24. The molecule has 120 valence electrons. The van der Waals surface area contributed by atoms with Gasteiger partial charge in [0, 0.05) is 12.1 Å². The van der Waals surface area contributed by atoms with Crippen molar-refractivity contribution in [2.75, 3.05) is 13.7 Å². The van der Waals surface area contributed by atoms with Gasteiger partial charge in [0.15, 0.2) is 9.90 Å². The van der Waals surface area contributed by atoms with E-state index in [-0.39, 0.29) is 22.4 Å². The normalized spacial score (nSPS) is 15.0. The standard InChI is InChI=1S/C12H21N3O4S2/c1-8(2)5-12(3,6-13)15-21(17,18)11-9(10(16)19-4)14-7-20-11/h7-8,15H,5-6,13H2,1-4H3. The first kappa shape index (κ1) is 18.0. The van der Waals surface area contributed by atoms with Crippen LogP contribution in [0.1, 0.15) is 37.7 Å². The van der Waals surface area contributed by atoms with Crippen molar-refractivity contribution in [1.29, 1.82) is 0 Å². The average molecular weight is 335 g/mol. The predicted octanol–water partition coefficient (Wildman–Crippen LogP) is 0.971. The summed E-state index contributed by atoms with van der Waals surface area (Å²) in [7, 11) is -2.72. The Morgan fingerprint density at radius 3 is 2.67 bits per heavy atom. The third-order valence-electron chi connectivity index (χ3n) is 2.85. The first-order valence-corrected chi connectivity index (χ1v) is 8.77. The number of nitrogens with one attached hydrogen (secondary N) is 1. The lowest BCUT2D eigenvalue weighted by Crippen LogP contribution is -2.52. The predicted molar refractivity (Wildman–Crippen MR) is 80.7 cm³/mol. The van der Waals surface area contributed by atoms with Gasteiger partial charge in [-0.25, -0.2) is 22.9 Å². The molecule has 21 heavy (non-hydrogen) atoms. The number of sulfonamides is 1. The molecule has 0 fully saturated rings. The van der Waals surface area contributed by atoms with Crippen molar-refractivity contribution < 1.29 is 17.9 Å². The maximum atomic E-state index is 12.5. The smallest absolute Gasteiger partial charge is 0.358 e. The minimum atomic E-state index is -3.89. The molecule has 0 bridgehead atoms. The maximum absolute atomic E-state index is 12.5. The Morgan fingerprint density at radius 2 is 2.19 bits per heavy atom. The molecule has 1 aromatic heterocycles. The van der Waals surface area contributed by atoms with Crippen molar-refractivity contribution in [2.45, 2.75) is 36.9 Å². The van der Waals surface area contributed by atoms with Crippen LogP contribution < -0.4 is 10.5 Å². The number of rotatable bonds is 7. The summed E-state index contributed by atoms with van der Waals surface area (Å²) in [6.07, 6.45) is 0.578. The molecule has 0 saturated heterocycles. The van der Waals surface area contributed by atoms with Gasteiger partial charge in [-0.1, -0.05) is 13.8 Å². The molecule has 1 heterocycles. The molecule has 1 atom stereocenters. The van der Waals surface area contributed by atoms with E-state index in [9.17, 15) is 13.2 Å². The highest BCUT2D eigenvalue weighted by Gasteiger charge is 2.34. The topological polar surface area (TPSA) is 111 Å². The summed E-state index contributed by atoms with van der Waals surface area (Å²) in [5.41, 5.74) is 6.01. The second-order valence-corrected chi connectivity index (χ2v) is 8.18. The minimum Gasteiger partial charge on any atom is -0.464 e. The summed E-state index contributed by atoms with van der Waals surface area (Å²) in [5, 5.41) is 0. The Hall–Kier alpha value is -1.03. The molecule has 0 saturated carbocycles. The lowest BCUT2D eigenvalue weighted by molar-refractivity contribution is 0.0590. The van der Waals surface area contributed by atoms with Crippen LogP contribution in [0.3, 0.4) is 0 Å². The fraction of sp³-hybridized carbons (Fsp3) is 0.667. The number of esters is 1. The summed E-state index contributed by atoms with van der Waals surface area (Å²) < 4.78 is 31.9. The second-order valence-electron chi connectivity index (χ2n) is 5.45. The summed E-state index contributed by atoms with van der Waals surface area (Å²) in [6, 6.07) is 0. The van der Waals surface area contributed by atoms with Gasteiger partial charge in [0.05, 0.1) is 12.6 Å². The number of carbonyl (C=O) groups excluding carboxylic acids is 1. The molecule has 1 rings (SSSR count). The maximum Gasteiger partial charge on any atom is 0.358 e. The zero-order chi connectivity index (χ0) is 16.3. The summed E-state index contributed by atoms with van der Waals surface area (Å²) in [6.45, 7) is 5.85. The second kappa shape index (κ2) is 6.82. The van der Waals surface area contributed by atoms with Crippen molar-refractivity contribution in [3.63, 3.8) is 0 Å². The number of hydrogen-bond donors (Lipinski definition) is 2. The van der Waals surface area contributed by atoms with E-state index < -0.39 is 21.5 Å². The Morgan fingerprint density at radius 1 is 1.57 bits per heavy atom. The van der Waals surface area contributed by atoms with Crippen LogP contribution in [-0.2, 0) is 14.8 Å². The average Bonchev–Trinajstić information content (AvgIpc) is 2.86. The Labute approximate surface area is 129 Å². The van der Waals surface area contributed by atoms with Gasteiger partial charge in [0.2, 0.25) is 0 Å². The highest BCUT2D eigenvalue weighted by molar-refractivity contribution is 7.91. The van der Waals surface area contributed by atoms with Gasteiger partial charge in [-0.05, 0) is 19.3 Å². The number of nitrogens with zero attached hydrogens (tertiary/aromatic N) is 1. The number of aromatic nitrogens is 1. The largest absolute Gasteiger partial charge is 0.464 e. The van der Waals surface area contributed by atoms with Crippen LogP contribution in [-0.4, -0.2) is 38.6 Å². The third kappa shape index (κ3) is 4.47. The van der Waals surface area contributed by atoms with E-state index in [1.165, 1.54) is 12.6 Å². The van der Waals surface area contributed by atoms with Crippen LogP contribution in [0.5, 0.6) is 0 Å². The molecule has 9 heteroatoms. The molecule has 0 spiro atoms. The lowest BCUT2D eigenvalue weighted by Gasteiger charge is -2.30. The van der Waals surface area contributed by atoms with Crippen LogP contribution in [0.4, 0.5) is 0 Å². The molecular formula is C12H21N3O4S2. The van der Waals surface area contributed by atoms with Crippen LogP contribution in [0.15, 0.2) is 9.72 Å². The summed E-state index contributed by atoms with van der Waals surface area (Å²) >= 11 is 0.867. The number of ether oxygens (including phenoxy) is 1. The fourth-order valence-corrected chi connectivity index (χ4v) is 4.66. The van der Waals surface area contributed by atoms with Crippen molar-refractivity contribution in [3.8, 4) is 0 Å². The number of thiazole rings is 1. The minimum absolute atomic E-state index is 0.150. The van der Waals surface area contributed by atoms with Crippen LogP contribution in [0.2, 0.25) is 0 Å². The number of nitrogens with two attached hydrogens (primary N) is 1. The molecule has 0 radical (unpaired) electrons.